The first-order valence-electron chi connectivity index (χ1n) is 13.3. The van der Waals surface area contributed by atoms with Crippen molar-refractivity contribution in [1.29, 1.82) is 0 Å². The first-order valence-corrected chi connectivity index (χ1v) is 13.3. The summed E-state index contributed by atoms with van der Waals surface area (Å²) in [7, 11) is 0. The van der Waals surface area contributed by atoms with Crippen molar-refractivity contribution >= 4 is 34.7 Å². The van der Waals surface area contributed by atoms with Gasteiger partial charge in [0.25, 0.3) is 0 Å². The lowest BCUT2D eigenvalue weighted by molar-refractivity contribution is -0.192. The van der Waals surface area contributed by atoms with Crippen LogP contribution in [0.1, 0.15) is 41.5 Å². The molecule has 43 heavy (non-hydrogen) atoms. The van der Waals surface area contributed by atoms with E-state index in [1.165, 1.54) is 0 Å². The van der Waals surface area contributed by atoms with Gasteiger partial charge in [0.05, 0.1) is 16.6 Å². The quantitative estimate of drug-likeness (QED) is 0.154. The van der Waals surface area contributed by atoms with Crippen molar-refractivity contribution in [3.63, 3.8) is 0 Å². The van der Waals surface area contributed by atoms with Crippen molar-refractivity contribution in [2.24, 2.45) is 0 Å². The second kappa shape index (κ2) is 14.2. The number of benzene rings is 3. The number of halogens is 3. The lowest BCUT2D eigenvalue weighted by Gasteiger charge is -2.14. The summed E-state index contributed by atoms with van der Waals surface area (Å²) in [4.78, 5) is 37.7. The summed E-state index contributed by atoms with van der Waals surface area (Å²) in [6, 6.07) is 18.4. The van der Waals surface area contributed by atoms with E-state index in [1.807, 2.05) is 49.4 Å². The van der Waals surface area contributed by atoms with Crippen LogP contribution in [0.4, 0.5) is 23.7 Å². The highest BCUT2D eigenvalue weighted by Gasteiger charge is 2.38. The minimum Gasteiger partial charge on any atom is -0.478 e. The van der Waals surface area contributed by atoms with E-state index in [2.05, 4.69) is 34.8 Å². The van der Waals surface area contributed by atoms with Gasteiger partial charge in [-0.15, -0.1) is 6.58 Å². The second-order valence-corrected chi connectivity index (χ2v) is 9.45. The highest BCUT2D eigenvalue weighted by molar-refractivity contribution is 5.96. The van der Waals surface area contributed by atoms with Crippen LogP contribution >= 0.6 is 0 Å². The molecule has 1 aromatic heterocycles. The lowest BCUT2D eigenvalue weighted by atomic mass is 9.95. The second-order valence-electron chi connectivity index (χ2n) is 9.45. The number of carboxylic acids is 2. The number of aromatic carboxylic acids is 1. The molecule has 9 nitrogen and oxygen atoms in total. The van der Waals surface area contributed by atoms with Crippen LogP contribution in [0.5, 0.6) is 0 Å². The maximum atomic E-state index is 12.2. The Labute approximate surface area is 245 Å². The minimum absolute atomic E-state index is 0.274. The molecule has 0 aliphatic heterocycles. The number of imidazole rings is 1. The van der Waals surface area contributed by atoms with Crippen LogP contribution in [-0.2, 0) is 11.2 Å². The number of fused-ring (bicyclic) bond motifs is 1. The molecule has 0 fully saturated rings. The van der Waals surface area contributed by atoms with E-state index in [-0.39, 0.29) is 11.6 Å². The largest absolute Gasteiger partial charge is 0.490 e. The fourth-order valence-electron chi connectivity index (χ4n) is 4.33. The third kappa shape index (κ3) is 8.22. The number of urea groups is 1. The number of hydrogen-bond donors (Lipinski definition) is 4. The summed E-state index contributed by atoms with van der Waals surface area (Å²) in [6.07, 6.45) is -0.597. The number of aliphatic carboxylic acids is 1. The molecule has 4 rings (SSSR count). The van der Waals surface area contributed by atoms with E-state index < -0.39 is 18.1 Å². The Bertz CT molecular complexity index is 1650. The van der Waals surface area contributed by atoms with E-state index >= 15 is 0 Å². The Morgan fingerprint density at radius 2 is 1.72 bits per heavy atom. The fourth-order valence-corrected chi connectivity index (χ4v) is 4.33. The standard InChI is InChI=1S/C29H30N4O3.C2HF3O2/c1-4-6-11-27-32-25-15-12-20(31-29(36)30-16-5-2)18-26(25)33(27)21-13-14-22(19(3)17-21)23-9-7-8-10-24(23)28(34)35;3-2(4,5)1(6)7/h5,7-10,12-15,17-18H,2,4,6,11,16H2,1,3H3,(H,34,35)(H2,30,31,36);(H,6,7). The van der Waals surface area contributed by atoms with Gasteiger partial charge >= 0.3 is 24.1 Å². The van der Waals surface area contributed by atoms with Gasteiger partial charge in [-0.3, -0.25) is 4.57 Å². The zero-order chi connectivity index (χ0) is 31.7. The Morgan fingerprint density at radius 1 is 1.02 bits per heavy atom. The molecular weight excluding hydrogens is 565 g/mol. The summed E-state index contributed by atoms with van der Waals surface area (Å²) in [5.74, 6) is -2.76. The smallest absolute Gasteiger partial charge is 0.478 e. The summed E-state index contributed by atoms with van der Waals surface area (Å²) in [5, 5.41) is 22.4. The molecule has 0 saturated heterocycles. The van der Waals surface area contributed by atoms with Gasteiger partial charge in [-0.25, -0.2) is 19.4 Å². The van der Waals surface area contributed by atoms with Crippen molar-refractivity contribution in [1.82, 2.24) is 14.9 Å². The molecule has 4 N–H and O–H groups in total. The molecule has 4 aromatic rings. The molecular formula is C31H31F3N4O5. The van der Waals surface area contributed by atoms with Gasteiger partial charge in [0.1, 0.15) is 5.82 Å². The van der Waals surface area contributed by atoms with Crippen molar-refractivity contribution in [3.8, 4) is 16.8 Å². The average Bonchev–Trinajstić information content (AvgIpc) is 3.32. The molecule has 1 heterocycles. The van der Waals surface area contributed by atoms with Gasteiger partial charge in [-0.1, -0.05) is 43.7 Å². The van der Waals surface area contributed by atoms with Crippen molar-refractivity contribution in [2.75, 3.05) is 11.9 Å². The van der Waals surface area contributed by atoms with E-state index in [0.29, 0.717) is 17.8 Å². The van der Waals surface area contributed by atoms with Gasteiger partial charge in [0.15, 0.2) is 0 Å². The van der Waals surface area contributed by atoms with E-state index in [0.717, 1.165) is 52.9 Å². The zero-order valence-corrected chi connectivity index (χ0v) is 23.5. The topological polar surface area (TPSA) is 134 Å². The predicted octanol–water partition coefficient (Wildman–Crippen LogP) is 6.98. The molecule has 0 atom stereocenters. The number of rotatable bonds is 9. The maximum absolute atomic E-state index is 12.2. The average molecular weight is 597 g/mol. The van der Waals surface area contributed by atoms with Crippen molar-refractivity contribution in [2.45, 2.75) is 39.3 Å². The molecule has 0 spiro atoms. The summed E-state index contributed by atoms with van der Waals surface area (Å²) < 4.78 is 33.9. The number of aryl methyl sites for hydroxylation is 2. The van der Waals surface area contributed by atoms with Crippen LogP contribution in [0.25, 0.3) is 27.8 Å². The third-order valence-corrected chi connectivity index (χ3v) is 6.30. The molecule has 0 unspecified atom stereocenters. The number of amides is 2. The number of nitrogens with one attached hydrogen (secondary N) is 2. The van der Waals surface area contributed by atoms with Crippen molar-refractivity contribution in [3.05, 3.63) is 90.3 Å². The molecule has 0 bridgehead atoms. The first kappa shape index (κ1) is 32.4. The van der Waals surface area contributed by atoms with Crippen LogP contribution < -0.4 is 10.6 Å². The number of carbonyl (C=O) groups excluding carboxylic acids is 1. The highest BCUT2D eigenvalue weighted by atomic mass is 19.4. The van der Waals surface area contributed by atoms with Gasteiger partial charge in [0.2, 0.25) is 0 Å². The molecule has 0 aliphatic rings. The van der Waals surface area contributed by atoms with Gasteiger partial charge in [-0.2, -0.15) is 13.2 Å². The monoisotopic (exact) mass is 596 g/mol. The van der Waals surface area contributed by atoms with E-state index in [9.17, 15) is 27.9 Å². The van der Waals surface area contributed by atoms with Crippen LogP contribution in [0.15, 0.2) is 73.3 Å². The number of aromatic nitrogens is 2. The molecule has 0 radical (unpaired) electrons. The molecule has 2 amide bonds. The molecule has 0 aliphatic carbocycles. The number of anilines is 1. The summed E-state index contributed by atoms with van der Waals surface area (Å²) >= 11 is 0. The van der Waals surface area contributed by atoms with Crippen LogP contribution in [-0.4, -0.2) is 50.5 Å². The Hall–Kier alpha value is -5.13. The normalized spacial score (nSPS) is 10.9. The number of carbonyl (C=O) groups is 3. The first-order chi connectivity index (χ1) is 20.4. The van der Waals surface area contributed by atoms with Crippen molar-refractivity contribution < 1.29 is 37.8 Å². The number of unbranched alkanes of at least 4 members (excludes halogenated alkanes) is 1. The molecule has 3 aromatic carbocycles. The maximum Gasteiger partial charge on any atom is 0.490 e. The van der Waals surface area contributed by atoms with Gasteiger partial charge < -0.3 is 20.8 Å². The van der Waals surface area contributed by atoms with Crippen LogP contribution in [0.2, 0.25) is 0 Å². The minimum atomic E-state index is -5.08. The number of nitrogens with zero attached hydrogens (tertiary/aromatic N) is 2. The Morgan fingerprint density at radius 3 is 2.33 bits per heavy atom. The summed E-state index contributed by atoms with van der Waals surface area (Å²) in [5.41, 5.74) is 6.13. The lowest BCUT2D eigenvalue weighted by Crippen LogP contribution is -2.28. The number of carboxylic acid groups (broad SMARTS) is 2. The van der Waals surface area contributed by atoms with E-state index in [1.54, 1.807) is 18.2 Å². The predicted molar refractivity (Wildman–Crippen MR) is 158 cm³/mol. The third-order valence-electron chi connectivity index (χ3n) is 6.30. The Kier molecular flexibility index (Phi) is 10.7. The zero-order valence-electron chi connectivity index (χ0n) is 23.5. The number of hydrogen-bond acceptors (Lipinski definition) is 4. The van der Waals surface area contributed by atoms with Gasteiger partial charge in [-0.05, 0) is 66.4 Å². The molecule has 226 valence electrons. The van der Waals surface area contributed by atoms with Crippen LogP contribution in [0, 0.1) is 6.92 Å². The highest BCUT2D eigenvalue weighted by Crippen LogP contribution is 2.31. The molecule has 12 heteroatoms. The SMILES string of the molecule is C=CCNC(=O)Nc1ccc2nc(CCCC)n(-c3ccc(-c4ccccc4C(=O)O)c(C)c3)c2c1.O=C(O)C(F)(F)F. The number of alkyl halides is 3. The van der Waals surface area contributed by atoms with E-state index in [4.69, 9.17) is 14.9 Å². The summed E-state index contributed by atoms with van der Waals surface area (Å²) in [6.45, 7) is 8.13. The van der Waals surface area contributed by atoms with Crippen LogP contribution in [0.3, 0.4) is 0 Å². The fraction of sp³-hybridized carbons (Fsp3) is 0.226. The molecule has 0 saturated carbocycles. The Balaban J connectivity index is 0.000000646. The van der Waals surface area contributed by atoms with Gasteiger partial charge in [0, 0.05) is 24.3 Å².